The van der Waals surface area contributed by atoms with Crippen molar-refractivity contribution in [2.45, 2.75) is 25.7 Å². The van der Waals surface area contributed by atoms with Crippen molar-refractivity contribution in [1.82, 2.24) is 9.97 Å². The van der Waals surface area contributed by atoms with Crippen LogP contribution in [0.15, 0.2) is 12.1 Å². The second-order valence-corrected chi connectivity index (χ2v) is 6.08. The van der Waals surface area contributed by atoms with Gasteiger partial charge in [-0.1, -0.05) is 0 Å². The van der Waals surface area contributed by atoms with E-state index in [0.29, 0.717) is 24.1 Å². The van der Waals surface area contributed by atoms with Crippen molar-refractivity contribution in [3.63, 3.8) is 0 Å². The van der Waals surface area contributed by atoms with Gasteiger partial charge in [0, 0.05) is 22.1 Å². The minimum Gasteiger partial charge on any atom is -0.383 e. The van der Waals surface area contributed by atoms with Crippen LogP contribution in [0.2, 0.25) is 0 Å². The van der Waals surface area contributed by atoms with Crippen molar-refractivity contribution in [3.05, 3.63) is 33.1 Å². The van der Waals surface area contributed by atoms with Gasteiger partial charge in [0.15, 0.2) is 5.78 Å². The highest BCUT2D eigenvalue weighted by atomic mass is 32.1. The van der Waals surface area contributed by atoms with Gasteiger partial charge in [0.05, 0.1) is 11.3 Å². The minimum absolute atomic E-state index is 0.00908. The zero-order valence-electron chi connectivity index (χ0n) is 10.5. The van der Waals surface area contributed by atoms with Crippen molar-refractivity contribution >= 4 is 28.9 Å². The number of nitrogens with two attached hydrogens (primary N) is 2. The van der Waals surface area contributed by atoms with Crippen LogP contribution in [0.5, 0.6) is 0 Å². The SMILES string of the molecule is Cc1ccc([C@H]2CC(=O)c3c(N)nc(N)nc3C2)s1. The number of anilines is 2. The molecule has 0 radical (unpaired) electrons. The maximum absolute atomic E-state index is 12.2. The van der Waals surface area contributed by atoms with E-state index < -0.39 is 0 Å². The number of rotatable bonds is 1. The summed E-state index contributed by atoms with van der Waals surface area (Å²) in [6.07, 6.45) is 1.16. The van der Waals surface area contributed by atoms with Gasteiger partial charge < -0.3 is 11.5 Å². The van der Waals surface area contributed by atoms with Crippen LogP contribution in [-0.2, 0) is 6.42 Å². The van der Waals surface area contributed by atoms with Crippen molar-refractivity contribution in [2.24, 2.45) is 0 Å². The standard InChI is InChI=1S/C13H14N4OS/c1-6-2-3-10(19-6)7-4-8-11(9(18)5-7)12(14)17-13(15)16-8/h2-3,7H,4-5H2,1H3,(H4,14,15,16,17)/t7-/m1/s1. The van der Waals surface area contributed by atoms with Gasteiger partial charge in [0.2, 0.25) is 5.95 Å². The first kappa shape index (κ1) is 12.1. The number of aromatic nitrogens is 2. The van der Waals surface area contributed by atoms with E-state index in [2.05, 4.69) is 29.0 Å². The van der Waals surface area contributed by atoms with Crippen molar-refractivity contribution in [2.75, 3.05) is 11.5 Å². The second kappa shape index (κ2) is 4.31. The molecule has 0 amide bonds. The predicted molar refractivity (Wildman–Crippen MR) is 75.3 cm³/mol. The first-order valence-corrected chi connectivity index (χ1v) is 6.87. The molecule has 0 spiro atoms. The highest BCUT2D eigenvalue weighted by molar-refractivity contribution is 7.12. The van der Waals surface area contributed by atoms with E-state index in [0.717, 1.165) is 0 Å². The second-order valence-electron chi connectivity index (χ2n) is 4.77. The zero-order valence-corrected chi connectivity index (χ0v) is 11.3. The number of carbonyl (C=O) groups is 1. The molecule has 0 unspecified atom stereocenters. The summed E-state index contributed by atoms with van der Waals surface area (Å²) in [6.45, 7) is 2.06. The van der Waals surface area contributed by atoms with Gasteiger partial charge in [-0.3, -0.25) is 4.79 Å². The van der Waals surface area contributed by atoms with Crippen LogP contribution < -0.4 is 11.5 Å². The third-order valence-electron chi connectivity index (χ3n) is 3.34. The van der Waals surface area contributed by atoms with Crippen LogP contribution in [0.4, 0.5) is 11.8 Å². The molecule has 0 aliphatic heterocycles. The molecular formula is C13H14N4OS. The molecule has 5 nitrogen and oxygen atoms in total. The molecule has 0 saturated heterocycles. The molecule has 1 aliphatic carbocycles. The molecule has 0 saturated carbocycles. The average Bonchev–Trinajstić information content (AvgIpc) is 2.74. The van der Waals surface area contributed by atoms with Gasteiger partial charge in [-0.05, 0) is 25.5 Å². The fourth-order valence-electron chi connectivity index (χ4n) is 2.50. The first-order valence-electron chi connectivity index (χ1n) is 6.06. The topological polar surface area (TPSA) is 94.9 Å². The predicted octanol–water partition coefficient (Wildman–Crippen LogP) is 1.92. The van der Waals surface area contributed by atoms with Crippen LogP contribution in [0.25, 0.3) is 0 Å². The summed E-state index contributed by atoms with van der Waals surface area (Å²) in [5.74, 6) is 0.516. The van der Waals surface area contributed by atoms with Crippen LogP contribution >= 0.6 is 11.3 Å². The molecule has 4 N–H and O–H groups in total. The number of thiophene rings is 1. The van der Waals surface area contributed by atoms with Gasteiger partial charge in [-0.2, -0.15) is 4.98 Å². The third-order valence-corrected chi connectivity index (χ3v) is 4.51. The van der Waals surface area contributed by atoms with Gasteiger partial charge in [0.25, 0.3) is 0 Å². The number of fused-ring (bicyclic) bond motifs is 1. The minimum atomic E-state index is 0.00908. The molecule has 1 aliphatic rings. The Morgan fingerprint density at radius 2 is 2.05 bits per heavy atom. The monoisotopic (exact) mass is 274 g/mol. The number of carbonyl (C=O) groups excluding carboxylic acids is 1. The van der Waals surface area contributed by atoms with Gasteiger partial charge >= 0.3 is 0 Å². The molecule has 0 aromatic carbocycles. The molecule has 0 fully saturated rings. The van der Waals surface area contributed by atoms with E-state index in [1.165, 1.54) is 9.75 Å². The maximum atomic E-state index is 12.2. The molecule has 0 bridgehead atoms. The van der Waals surface area contributed by atoms with Gasteiger partial charge in [0.1, 0.15) is 5.82 Å². The van der Waals surface area contributed by atoms with Crippen LogP contribution in [0.1, 0.15) is 38.1 Å². The molecule has 98 valence electrons. The molecule has 1 atom stereocenters. The first-order chi connectivity index (χ1) is 9.04. The van der Waals surface area contributed by atoms with Crippen LogP contribution in [0, 0.1) is 6.92 Å². The maximum Gasteiger partial charge on any atom is 0.222 e. The van der Waals surface area contributed by atoms with E-state index in [4.69, 9.17) is 11.5 Å². The molecular weight excluding hydrogens is 260 g/mol. The smallest absolute Gasteiger partial charge is 0.222 e. The lowest BCUT2D eigenvalue weighted by atomic mass is 9.85. The number of nitrogens with zero attached hydrogens (tertiary/aromatic N) is 2. The summed E-state index contributed by atoms with van der Waals surface area (Å²) >= 11 is 1.72. The van der Waals surface area contributed by atoms with E-state index in [9.17, 15) is 4.79 Å². The van der Waals surface area contributed by atoms with E-state index in [1.54, 1.807) is 11.3 Å². The number of ketones is 1. The number of Topliss-reactive ketones (excluding diaryl/α,β-unsaturated/α-hetero) is 1. The lowest BCUT2D eigenvalue weighted by molar-refractivity contribution is 0.0964. The van der Waals surface area contributed by atoms with Crippen LogP contribution in [0.3, 0.4) is 0 Å². The Labute approximate surface area is 114 Å². The zero-order chi connectivity index (χ0) is 13.6. The molecule has 3 rings (SSSR count). The lowest BCUT2D eigenvalue weighted by Crippen LogP contribution is -2.22. The summed E-state index contributed by atoms with van der Waals surface area (Å²) in [5.41, 5.74) is 12.5. The van der Waals surface area contributed by atoms with Gasteiger partial charge in [-0.15, -0.1) is 11.3 Å². The summed E-state index contributed by atoms with van der Waals surface area (Å²) in [5, 5.41) is 0. The Balaban J connectivity index is 2.02. The lowest BCUT2D eigenvalue weighted by Gasteiger charge is -2.22. The number of nitrogen functional groups attached to an aromatic ring is 2. The largest absolute Gasteiger partial charge is 0.383 e. The van der Waals surface area contributed by atoms with E-state index in [1.807, 2.05) is 0 Å². The molecule has 19 heavy (non-hydrogen) atoms. The van der Waals surface area contributed by atoms with Crippen LogP contribution in [-0.4, -0.2) is 15.8 Å². The summed E-state index contributed by atoms with van der Waals surface area (Å²) in [4.78, 5) is 22.7. The highest BCUT2D eigenvalue weighted by Gasteiger charge is 2.30. The Kier molecular flexibility index (Phi) is 2.74. The molecule has 2 aromatic rings. The average molecular weight is 274 g/mol. The van der Waals surface area contributed by atoms with Crippen molar-refractivity contribution in [1.29, 1.82) is 0 Å². The molecule has 2 aromatic heterocycles. The quantitative estimate of drug-likeness (QED) is 0.828. The van der Waals surface area contributed by atoms with Crippen molar-refractivity contribution in [3.8, 4) is 0 Å². The number of aryl methyl sites for hydroxylation is 1. The third kappa shape index (κ3) is 2.08. The molecule has 2 heterocycles. The van der Waals surface area contributed by atoms with E-state index >= 15 is 0 Å². The van der Waals surface area contributed by atoms with Gasteiger partial charge in [-0.25, -0.2) is 4.98 Å². The Hall–Kier alpha value is -1.95. The Morgan fingerprint density at radius 3 is 2.74 bits per heavy atom. The normalized spacial score (nSPS) is 18.4. The summed E-state index contributed by atoms with van der Waals surface area (Å²) in [7, 11) is 0. The number of hydrogen-bond acceptors (Lipinski definition) is 6. The fourth-order valence-corrected chi connectivity index (χ4v) is 3.48. The fraction of sp³-hybridized carbons (Fsp3) is 0.308. The highest BCUT2D eigenvalue weighted by Crippen LogP contribution is 2.36. The van der Waals surface area contributed by atoms with Crippen molar-refractivity contribution < 1.29 is 4.79 Å². The summed E-state index contributed by atoms with van der Waals surface area (Å²) < 4.78 is 0. The Morgan fingerprint density at radius 1 is 1.26 bits per heavy atom. The molecule has 6 heteroatoms. The Bertz CT molecular complexity index is 665. The number of hydrogen-bond donors (Lipinski definition) is 2. The van der Waals surface area contributed by atoms with E-state index in [-0.39, 0.29) is 23.5 Å². The summed E-state index contributed by atoms with van der Waals surface area (Å²) in [6, 6.07) is 4.15.